The lowest BCUT2D eigenvalue weighted by Gasteiger charge is -2.10. The maximum Gasteiger partial charge on any atom is 0.224 e. The fourth-order valence-electron chi connectivity index (χ4n) is 2.21. The number of anilines is 2. The molecule has 0 aliphatic rings. The zero-order valence-corrected chi connectivity index (χ0v) is 13.2. The predicted molar refractivity (Wildman–Crippen MR) is 93.3 cm³/mol. The first kappa shape index (κ1) is 15.0. The van der Waals surface area contributed by atoms with Crippen molar-refractivity contribution in [2.75, 3.05) is 17.7 Å². The SMILES string of the molecule is CNc1nc(NCc2ccc(C)cc2)cc(-c2cccnc2)n1. The lowest BCUT2D eigenvalue weighted by molar-refractivity contribution is 1.08. The van der Waals surface area contributed by atoms with Gasteiger partial charge in [-0.2, -0.15) is 4.98 Å². The Morgan fingerprint density at radius 2 is 1.87 bits per heavy atom. The minimum Gasteiger partial charge on any atom is -0.366 e. The Balaban J connectivity index is 1.82. The fraction of sp³-hybridized carbons (Fsp3) is 0.167. The summed E-state index contributed by atoms with van der Waals surface area (Å²) in [5.41, 5.74) is 4.27. The second kappa shape index (κ2) is 6.87. The Kier molecular flexibility index (Phi) is 4.47. The molecule has 2 N–H and O–H groups in total. The molecule has 0 bridgehead atoms. The largest absolute Gasteiger partial charge is 0.366 e. The van der Waals surface area contributed by atoms with Gasteiger partial charge in [0.25, 0.3) is 0 Å². The average molecular weight is 305 g/mol. The summed E-state index contributed by atoms with van der Waals surface area (Å²) in [5, 5.41) is 6.35. The Labute approximate surface area is 135 Å². The van der Waals surface area contributed by atoms with Crippen molar-refractivity contribution in [1.82, 2.24) is 15.0 Å². The number of aryl methyl sites for hydroxylation is 1. The van der Waals surface area contributed by atoms with Gasteiger partial charge < -0.3 is 10.6 Å². The number of rotatable bonds is 5. The van der Waals surface area contributed by atoms with Crippen LogP contribution in [0.5, 0.6) is 0 Å². The molecule has 2 aromatic heterocycles. The number of aromatic nitrogens is 3. The molecule has 3 aromatic rings. The highest BCUT2D eigenvalue weighted by Gasteiger charge is 2.06. The van der Waals surface area contributed by atoms with Crippen molar-refractivity contribution in [2.45, 2.75) is 13.5 Å². The number of nitrogens with one attached hydrogen (secondary N) is 2. The first-order chi connectivity index (χ1) is 11.2. The van der Waals surface area contributed by atoms with Gasteiger partial charge in [-0.1, -0.05) is 29.8 Å². The second-order valence-corrected chi connectivity index (χ2v) is 5.29. The lowest BCUT2D eigenvalue weighted by Crippen LogP contribution is -2.05. The van der Waals surface area contributed by atoms with Crippen molar-refractivity contribution in [2.24, 2.45) is 0 Å². The molecule has 3 rings (SSSR count). The summed E-state index contributed by atoms with van der Waals surface area (Å²) in [5.74, 6) is 1.36. The van der Waals surface area contributed by atoms with Crippen LogP contribution in [-0.2, 0) is 6.54 Å². The van der Waals surface area contributed by atoms with Crippen molar-refractivity contribution < 1.29 is 0 Å². The van der Waals surface area contributed by atoms with Gasteiger partial charge in [0.05, 0.1) is 5.69 Å². The minimum atomic E-state index is 0.581. The summed E-state index contributed by atoms with van der Waals surface area (Å²) >= 11 is 0. The van der Waals surface area contributed by atoms with E-state index in [1.165, 1.54) is 11.1 Å². The quantitative estimate of drug-likeness (QED) is 0.755. The van der Waals surface area contributed by atoms with Gasteiger partial charge in [-0.05, 0) is 24.6 Å². The molecule has 0 unspecified atom stereocenters. The fourth-order valence-corrected chi connectivity index (χ4v) is 2.21. The third kappa shape index (κ3) is 3.83. The van der Waals surface area contributed by atoms with Crippen molar-refractivity contribution in [1.29, 1.82) is 0 Å². The summed E-state index contributed by atoms with van der Waals surface area (Å²) in [6, 6.07) is 14.3. The van der Waals surface area contributed by atoms with Crippen LogP contribution >= 0.6 is 0 Å². The molecule has 5 heteroatoms. The highest BCUT2D eigenvalue weighted by Crippen LogP contribution is 2.20. The number of pyridine rings is 1. The van der Waals surface area contributed by atoms with E-state index in [1.54, 1.807) is 12.4 Å². The number of hydrogen-bond acceptors (Lipinski definition) is 5. The van der Waals surface area contributed by atoms with E-state index in [9.17, 15) is 0 Å². The first-order valence-electron chi connectivity index (χ1n) is 7.51. The van der Waals surface area contributed by atoms with Gasteiger partial charge >= 0.3 is 0 Å². The molecule has 0 amide bonds. The Bertz CT molecular complexity index is 769. The monoisotopic (exact) mass is 305 g/mol. The van der Waals surface area contributed by atoms with Crippen LogP contribution in [0.1, 0.15) is 11.1 Å². The molecule has 0 radical (unpaired) electrons. The summed E-state index contributed by atoms with van der Waals surface area (Å²) in [6.07, 6.45) is 3.55. The van der Waals surface area contributed by atoms with Crippen molar-refractivity contribution >= 4 is 11.8 Å². The normalized spacial score (nSPS) is 10.3. The zero-order valence-electron chi connectivity index (χ0n) is 13.2. The molecular weight excluding hydrogens is 286 g/mol. The van der Waals surface area contributed by atoms with Crippen LogP contribution in [0.2, 0.25) is 0 Å². The molecule has 116 valence electrons. The Morgan fingerprint density at radius 1 is 1.04 bits per heavy atom. The van der Waals surface area contributed by atoms with E-state index in [2.05, 4.69) is 56.8 Å². The van der Waals surface area contributed by atoms with Gasteiger partial charge in [0.1, 0.15) is 5.82 Å². The van der Waals surface area contributed by atoms with Gasteiger partial charge in [-0.15, -0.1) is 0 Å². The zero-order chi connectivity index (χ0) is 16.1. The minimum absolute atomic E-state index is 0.581. The van der Waals surface area contributed by atoms with Crippen molar-refractivity contribution in [3.63, 3.8) is 0 Å². The third-order valence-electron chi connectivity index (χ3n) is 3.50. The smallest absolute Gasteiger partial charge is 0.224 e. The molecule has 0 aliphatic heterocycles. The lowest BCUT2D eigenvalue weighted by atomic mass is 10.1. The van der Waals surface area contributed by atoms with Crippen LogP contribution in [0.4, 0.5) is 11.8 Å². The van der Waals surface area contributed by atoms with E-state index in [4.69, 9.17) is 0 Å². The van der Waals surface area contributed by atoms with Crippen molar-refractivity contribution in [3.8, 4) is 11.3 Å². The number of nitrogens with zero attached hydrogens (tertiary/aromatic N) is 3. The molecule has 0 atom stereocenters. The van der Waals surface area contributed by atoms with E-state index in [-0.39, 0.29) is 0 Å². The summed E-state index contributed by atoms with van der Waals surface area (Å²) in [4.78, 5) is 13.1. The van der Waals surface area contributed by atoms with Crippen LogP contribution in [0.25, 0.3) is 11.3 Å². The maximum absolute atomic E-state index is 4.49. The number of benzene rings is 1. The molecule has 0 saturated carbocycles. The molecule has 0 spiro atoms. The molecule has 0 aliphatic carbocycles. The topological polar surface area (TPSA) is 62.7 Å². The van der Waals surface area contributed by atoms with Gasteiger partial charge in [-0.3, -0.25) is 4.98 Å². The van der Waals surface area contributed by atoms with E-state index in [0.717, 1.165) is 17.1 Å². The summed E-state index contributed by atoms with van der Waals surface area (Å²) in [6.45, 7) is 2.80. The molecule has 23 heavy (non-hydrogen) atoms. The molecule has 0 saturated heterocycles. The Hall–Kier alpha value is -2.95. The van der Waals surface area contributed by atoms with Gasteiger partial charge in [0, 0.05) is 37.6 Å². The average Bonchev–Trinajstić information content (AvgIpc) is 2.61. The summed E-state index contributed by atoms with van der Waals surface area (Å²) in [7, 11) is 1.81. The van der Waals surface area contributed by atoms with Gasteiger partial charge in [0.15, 0.2) is 0 Å². The molecule has 1 aromatic carbocycles. The standard InChI is InChI=1S/C18H19N5/c1-13-5-7-14(8-6-13)11-21-17-10-16(22-18(19-2)23-17)15-4-3-9-20-12-15/h3-10,12H,11H2,1-2H3,(H2,19,21,22,23). The van der Waals surface area contributed by atoms with Crippen molar-refractivity contribution in [3.05, 3.63) is 66.0 Å². The molecule has 0 fully saturated rings. The van der Waals surface area contributed by atoms with E-state index >= 15 is 0 Å². The molecule has 5 nitrogen and oxygen atoms in total. The summed E-state index contributed by atoms with van der Waals surface area (Å²) < 4.78 is 0. The maximum atomic E-state index is 4.49. The van der Waals surface area contributed by atoms with Gasteiger partial charge in [0.2, 0.25) is 5.95 Å². The number of hydrogen-bond donors (Lipinski definition) is 2. The van der Waals surface area contributed by atoms with Crippen LogP contribution in [0.15, 0.2) is 54.9 Å². The van der Waals surface area contributed by atoms with Gasteiger partial charge in [-0.25, -0.2) is 4.98 Å². The first-order valence-corrected chi connectivity index (χ1v) is 7.51. The van der Waals surface area contributed by atoms with Crippen LogP contribution in [-0.4, -0.2) is 22.0 Å². The highest BCUT2D eigenvalue weighted by molar-refractivity contribution is 5.63. The third-order valence-corrected chi connectivity index (χ3v) is 3.50. The highest BCUT2D eigenvalue weighted by atomic mass is 15.1. The van der Waals surface area contributed by atoms with E-state index in [0.29, 0.717) is 12.5 Å². The second-order valence-electron chi connectivity index (χ2n) is 5.29. The van der Waals surface area contributed by atoms with E-state index in [1.807, 2.05) is 25.2 Å². The predicted octanol–water partition coefficient (Wildman–Crippen LogP) is 3.50. The Morgan fingerprint density at radius 3 is 2.57 bits per heavy atom. The molecular formula is C18H19N5. The van der Waals surface area contributed by atoms with Crippen LogP contribution < -0.4 is 10.6 Å². The van der Waals surface area contributed by atoms with Crippen LogP contribution in [0.3, 0.4) is 0 Å². The van der Waals surface area contributed by atoms with E-state index < -0.39 is 0 Å². The molecule has 2 heterocycles. The van der Waals surface area contributed by atoms with Crippen LogP contribution in [0, 0.1) is 6.92 Å².